The smallest absolute Gasteiger partial charge is 0.339 e. The number of carbonyl (C=O) groups is 2. The summed E-state index contributed by atoms with van der Waals surface area (Å²) in [5.41, 5.74) is 7.08. The number of hydrogen-bond donors (Lipinski definition) is 1. The van der Waals surface area contributed by atoms with Gasteiger partial charge in [0.1, 0.15) is 0 Å². The van der Waals surface area contributed by atoms with E-state index in [4.69, 9.17) is 10.5 Å². The van der Waals surface area contributed by atoms with E-state index in [1.807, 2.05) is 0 Å². The lowest BCUT2D eigenvalue weighted by Gasteiger charge is -2.09. The van der Waals surface area contributed by atoms with Crippen LogP contribution in [0.2, 0.25) is 0 Å². The molecule has 6 heteroatoms. The summed E-state index contributed by atoms with van der Waals surface area (Å²) in [7, 11) is 2.66. The van der Waals surface area contributed by atoms with Crippen molar-refractivity contribution in [3.05, 3.63) is 53.6 Å². The fourth-order valence-corrected chi connectivity index (χ4v) is 2.72. The highest BCUT2D eigenvalue weighted by Gasteiger charge is 2.14. The number of nitrogen functional groups attached to an aromatic ring is 1. The Hall–Kier alpha value is -2.47. The van der Waals surface area contributed by atoms with Crippen LogP contribution in [0.15, 0.2) is 52.3 Å². The number of hydrogen-bond acceptors (Lipinski definition) is 6. The minimum Gasteiger partial charge on any atom is -0.465 e. The minimum absolute atomic E-state index is 0.390. The molecule has 114 valence electrons. The monoisotopic (exact) mass is 317 g/mol. The van der Waals surface area contributed by atoms with E-state index in [1.54, 1.807) is 42.5 Å². The molecule has 0 fully saturated rings. The number of benzene rings is 2. The number of rotatable bonds is 4. The minimum atomic E-state index is -0.444. The van der Waals surface area contributed by atoms with Gasteiger partial charge in [-0.25, -0.2) is 9.59 Å². The van der Waals surface area contributed by atoms with Gasteiger partial charge in [0, 0.05) is 15.5 Å². The van der Waals surface area contributed by atoms with Crippen molar-refractivity contribution in [1.29, 1.82) is 0 Å². The fraction of sp³-hybridized carbons (Fsp3) is 0.125. The summed E-state index contributed by atoms with van der Waals surface area (Å²) in [6.07, 6.45) is 0. The van der Waals surface area contributed by atoms with Crippen LogP contribution in [0.3, 0.4) is 0 Å². The van der Waals surface area contributed by atoms with Crippen LogP contribution in [-0.2, 0) is 9.47 Å². The molecule has 0 bridgehead atoms. The second-order valence-electron chi connectivity index (χ2n) is 4.37. The highest BCUT2D eigenvalue weighted by atomic mass is 32.2. The lowest BCUT2D eigenvalue weighted by atomic mass is 10.2. The first-order valence-corrected chi connectivity index (χ1v) is 7.21. The maximum Gasteiger partial charge on any atom is 0.339 e. The summed E-state index contributed by atoms with van der Waals surface area (Å²) in [5, 5.41) is 0. The van der Waals surface area contributed by atoms with Gasteiger partial charge in [0.05, 0.1) is 25.3 Å². The van der Waals surface area contributed by atoms with Gasteiger partial charge < -0.3 is 15.2 Å². The zero-order chi connectivity index (χ0) is 16.1. The van der Waals surface area contributed by atoms with Crippen LogP contribution in [0.4, 0.5) is 5.69 Å². The highest BCUT2D eigenvalue weighted by Crippen LogP contribution is 2.32. The van der Waals surface area contributed by atoms with Crippen LogP contribution >= 0.6 is 11.8 Å². The van der Waals surface area contributed by atoms with Crippen LogP contribution in [0.1, 0.15) is 20.7 Å². The molecule has 2 aromatic carbocycles. The Morgan fingerprint density at radius 2 is 1.59 bits per heavy atom. The molecule has 2 aromatic rings. The van der Waals surface area contributed by atoms with Gasteiger partial charge in [-0.1, -0.05) is 11.8 Å². The van der Waals surface area contributed by atoms with Crippen LogP contribution in [-0.4, -0.2) is 26.2 Å². The molecule has 0 aliphatic heterocycles. The summed E-state index contributed by atoms with van der Waals surface area (Å²) in [5.74, 6) is -0.833. The van der Waals surface area contributed by atoms with Crippen molar-refractivity contribution < 1.29 is 19.1 Å². The third-order valence-corrected chi connectivity index (χ3v) is 4.00. The summed E-state index contributed by atoms with van der Waals surface area (Å²) in [4.78, 5) is 24.8. The van der Waals surface area contributed by atoms with Gasteiger partial charge in [0.15, 0.2) is 0 Å². The van der Waals surface area contributed by atoms with Crippen LogP contribution in [0.5, 0.6) is 0 Å². The molecule has 0 atom stereocenters. The molecular weight excluding hydrogens is 302 g/mol. The molecule has 0 radical (unpaired) electrons. The molecule has 2 N–H and O–H groups in total. The summed E-state index contributed by atoms with van der Waals surface area (Å²) in [6.45, 7) is 0. The average Bonchev–Trinajstić information content (AvgIpc) is 2.55. The summed E-state index contributed by atoms with van der Waals surface area (Å²) >= 11 is 1.39. The second kappa shape index (κ2) is 7.00. The van der Waals surface area contributed by atoms with Crippen molar-refractivity contribution in [3.8, 4) is 0 Å². The normalized spacial score (nSPS) is 10.1. The van der Waals surface area contributed by atoms with E-state index in [-0.39, 0.29) is 5.97 Å². The average molecular weight is 317 g/mol. The van der Waals surface area contributed by atoms with E-state index in [9.17, 15) is 9.59 Å². The first-order chi connectivity index (χ1) is 10.5. The maximum atomic E-state index is 11.8. The van der Waals surface area contributed by atoms with Gasteiger partial charge in [0.25, 0.3) is 0 Å². The highest BCUT2D eigenvalue weighted by molar-refractivity contribution is 7.99. The van der Waals surface area contributed by atoms with Crippen LogP contribution in [0, 0.1) is 0 Å². The molecule has 0 amide bonds. The lowest BCUT2D eigenvalue weighted by molar-refractivity contribution is 0.0590. The van der Waals surface area contributed by atoms with Crippen molar-refractivity contribution in [3.63, 3.8) is 0 Å². The Morgan fingerprint density at radius 3 is 2.18 bits per heavy atom. The van der Waals surface area contributed by atoms with Gasteiger partial charge in [-0.3, -0.25) is 0 Å². The Labute approximate surface area is 132 Å². The van der Waals surface area contributed by atoms with Gasteiger partial charge in [-0.2, -0.15) is 0 Å². The van der Waals surface area contributed by atoms with Gasteiger partial charge >= 0.3 is 11.9 Å². The first-order valence-electron chi connectivity index (χ1n) is 6.39. The molecule has 2 rings (SSSR count). The lowest BCUT2D eigenvalue weighted by Crippen LogP contribution is -2.04. The standard InChI is InChI=1S/C16H15NO4S/c1-20-15(18)10-3-6-12(7-4-10)22-14-8-5-11(17)9-13(14)16(19)21-2/h3-9H,17H2,1-2H3. The molecule has 0 aromatic heterocycles. The molecule has 0 spiro atoms. The molecule has 0 unspecified atom stereocenters. The van der Waals surface area contributed by atoms with Crippen LogP contribution < -0.4 is 5.73 Å². The summed E-state index contributed by atoms with van der Waals surface area (Å²) in [6, 6.07) is 12.0. The van der Waals surface area contributed by atoms with Crippen molar-refractivity contribution in [1.82, 2.24) is 0 Å². The number of carbonyl (C=O) groups excluding carboxylic acids is 2. The number of anilines is 1. The third kappa shape index (κ3) is 3.59. The molecule has 0 heterocycles. The molecule has 0 saturated carbocycles. The Balaban J connectivity index is 2.27. The molecular formula is C16H15NO4S. The third-order valence-electron chi connectivity index (χ3n) is 2.91. The molecule has 0 saturated heterocycles. The fourth-order valence-electron chi connectivity index (χ4n) is 1.81. The number of ether oxygens (including phenoxy) is 2. The first kappa shape index (κ1) is 15.9. The number of nitrogens with two attached hydrogens (primary N) is 1. The van der Waals surface area contributed by atoms with Crippen molar-refractivity contribution >= 4 is 29.4 Å². The van der Waals surface area contributed by atoms with Crippen LogP contribution in [0.25, 0.3) is 0 Å². The molecule has 5 nitrogen and oxygen atoms in total. The Kier molecular flexibility index (Phi) is 5.06. The quantitative estimate of drug-likeness (QED) is 0.690. The summed E-state index contributed by atoms with van der Waals surface area (Å²) < 4.78 is 9.42. The largest absolute Gasteiger partial charge is 0.465 e. The number of esters is 2. The Morgan fingerprint density at radius 1 is 0.955 bits per heavy atom. The van der Waals surface area contributed by atoms with E-state index >= 15 is 0 Å². The SMILES string of the molecule is COC(=O)c1ccc(Sc2ccc(N)cc2C(=O)OC)cc1. The van der Waals surface area contributed by atoms with Gasteiger partial charge in [-0.05, 0) is 42.5 Å². The zero-order valence-corrected chi connectivity index (χ0v) is 13.0. The predicted molar refractivity (Wildman–Crippen MR) is 84.1 cm³/mol. The predicted octanol–water partition coefficient (Wildman–Crippen LogP) is 2.99. The van der Waals surface area contributed by atoms with E-state index in [2.05, 4.69) is 4.74 Å². The van der Waals surface area contributed by atoms with Gasteiger partial charge in [0.2, 0.25) is 0 Å². The molecule has 0 aliphatic rings. The van der Waals surface area contributed by atoms with Gasteiger partial charge in [-0.15, -0.1) is 0 Å². The number of methoxy groups -OCH3 is 2. The molecule has 22 heavy (non-hydrogen) atoms. The van der Waals surface area contributed by atoms with Crippen molar-refractivity contribution in [2.45, 2.75) is 9.79 Å². The second-order valence-corrected chi connectivity index (χ2v) is 5.48. The van der Waals surface area contributed by atoms with E-state index in [1.165, 1.54) is 26.0 Å². The molecule has 0 aliphatic carbocycles. The topological polar surface area (TPSA) is 78.6 Å². The Bertz CT molecular complexity index is 698. The van der Waals surface area contributed by atoms with Crippen molar-refractivity contribution in [2.24, 2.45) is 0 Å². The van der Waals surface area contributed by atoms with E-state index in [0.29, 0.717) is 16.8 Å². The maximum absolute atomic E-state index is 11.8. The zero-order valence-electron chi connectivity index (χ0n) is 12.2. The van der Waals surface area contributed by atoms with E-state index in [0.717, 1.165) is 9.79 Å². The van der Waals surface area contributed by atoms with E-state index < -0.39 is 5.97 Å². The van der Waals surface area contributed by atoms with Crippen molar-refractivity contribution in [2.75, 3.05) is 20.0 Å².